The Morgan fingerprint density at radius 3 is 2.76 bits per heavy atom. The molecule has 0 unspecified atom stereocenters. The standard InChI is InChI=1S/C13H17N3O/c1-9-6-12(14)7-15-13(9)16(3)8-11-4-5-17-10(11)2/h4-7H,8,14H2,1-3H3. The fraction of sp³-hybridized carbons (Fsp3) is 0.308. The van der Waals surface area contributed by atoms with Gasteiger partial charge >= 0.3 is 0 Å². The number of pyridine rings is 1. The number of anilines is 2. The van der Waals surface area contributed by atoms with E-state index in [1.807, 2.05) is 33.0 Å². The van der Waals surface area contributed by atoms with Crippen LogP contribution >= 0.6 is 0 Å². The second-order valence-electron chi connectivity index (χ2n) is 4.27. The largest absolute Gasteiger partial charge is 0.469 e. The van der Waals surface area contributed by atoms with Crippen LogP contribution in [0.5, 0.6) is 0 Å². The van der Waals surface area contributed by atoms with E-state index in [9.17, 15) is 0 Å². The summed E-state index contributed by atoms with van der Waals surface area (Å²) in [6.45, 7) is 4.75. The van der Waals surface area contributed by atoms with Gasteiger partial charge in [0.2, 0.25) is 0 Å². The molecule has 17 heavy (non-hydrogen) atoms. The van der Waals surface area contributed by atoms with Crippen molar-refractivity contribution in [3.63, 3.8) is 0 Å². The molecule has 0 fully saturated rings. The van der Waals surface area contributed by atoms with Crippen molar-refractivity contribution in [2.75, 3.05) is 17.7 Å². The van der Waals surface area contributed by atoms with Gasteiger partial charge in [-0.3, -0.25) is 0 Å². The summed E-state index contributed by atoms with van der Waals surface area (Å²) < 4.78 is 5.28. The van der Waals surface area contributed by atoms with Crippen LogP contribution in [-0.4, -0.2) is 12.0 Å². The normalized spacial score (nSPS) is 10.5. The van der Waals surface area contributed by atoms with E-state index in [2.05, 4.69) is 9.88 Å². The summed E-state index contributed by atoms with van der Waals surface area (Å²) in [6.07, 6.45) is 3.39. The first-order valence-electron chi connectivity index (χ1n) is 5.54. The van der Waals surface area contributed by atoms with Crippen LogP contribution in [0.15, 0.2) is 29.0 Å². The zero-order valence-corrected chi connectivity index (χ0v) is 10.4. The van der Waals surface area contributed by atoms with E-state index in [1.54, 1.807) is 12.5 Å². The van der Waals surface area contributed by atoms with E-state index in [0.717, 1.165) is 23.7 Å². The third kappa shape index (κ3) is 2.41. The third-order valence-electron chi connectivity index (χ3n) is 2.81. The molecule has 4 nitrogen and oxygen atoms in total. The Balaban J connectivity index is 2.20. The first-order chi connectivity index (χ1) is 8.08. The molecule has 0 bridgehead atoms. The maximum atomic E-state index is 5.69. The predicted octanol–water partition coefficient (Wildman–Crippen LogP) is 2.51. The van der Waals surface area contributed by atoms with E-state index in [0.29, 0.717) is 5.69 Å². The summed E-state index contributed by atoms with van der Waals surface area (Å²) in [7, 11) is 2.01. The third-order valence-corrected chi connectivity index (χ3v) is 2.81. The average molecular weight is 231 g/mol. The zero-order valence-electron chi connectivity index (χ0n) is 10.4. The van der Waals surface area contributed by atoms with E-state index >= 15 is 0 Å². The highest BCUT2D eigenvalue weighted by atomic mass is 16.3. The molecule has 0 saturated heterocycles. The number of aromatic nitrogens is 1. The van der Waals surface area contributed by atoms with E-state index < -0.39 is 0 Å². The molecule has 0 aromatic carbocycles. The average Bonchev–Trinajstić information content (AvgIpc) is 2.64. The second kappa shape index (κ2) is 4.49. The molecule has 0 aliphatic heterocycles. The molecule has 2 heterocycles. The van der Waals surface area contributed by atoms with Gasteiger partial charge in [-0.1, -0.05) is 0 Å². The molecule has 90 valence electrons. The van der Waals surface area contributed by atoms with Crippen LogP contribution in [0.4, 0.5) is 11.5 Å². The number of hydrogen-bond donors (Lipinski definition) is 1. The quantitative estimate of drug-likeness (QED) is 0.881. The molecule has 0 atom stereocenters. The Morgan fingerprint density at radius 1 is 1.41 bits per heavy atom. The maximum Gasteiger partial charge on any atom is 0.131 e. The SMILES string of the molecule is Cc1cc(N)cnc1N(C)Cc1ccoc1C. The van der Waals surface area contributed by atoms with Gasteiger partial charge in [-0.05, 0) is 31.5 Å². The molecule has 0 amide bonds. The number of aryl methyl sites for hydroxylation is 2. The number of nitrogens with zero attached hydrogens (tertiary/aromatic N) is 2. The summed E-state index contributed by atoms with van der Waals surface area (Å²) in [5, 5.41) is 0. The molecule has 2 aromatic rings. The molecule has 0 aliphatic rings. The van der Waals surface area contributed by atoms with Crippen molar-refractivity contribution in [1.82, 2.24) is 4.98 Å². The molecule has 0 saturated carbocycles. The summed E-state index contributed by atoms with van der Waals surface area (Å²) in [5.74, 6) is 1.89. The predicted molar refractivity (Wildman–Crippen MR) is 68.9 cm³/mol. The van der Waals surface area contributed by atoms with Gasteiger partial charge in [0.05, 0.1) is 18.1 Å². The summed E-state index contributed by atoms with van der Waals surface area (Å²) in [4.78, 5) is 6.45. The Bertz CT molecular complexity index is 519. The molecule has 0 spiro atoms. The van der Waals surface area contributed by atoms with Crippen LogP contribution in [-0.2, 0) is 6.54 Å². The minimum absolute atomic E-state index is 0.694. The monoisotopic (exact) mass is 231 g/mol. The van der Waals surface area contributed by atoms with Crippen molar-refractivity contribution in [3.05, 3.63) is 41.5 Å². The lowest BCUT2D eigenvalue weighted by molar-refractivity contribution is 0.529. The molecule has 2 aromatic heterocycles. The molecular weight excluding hydrogens is 214 g/mol. The number of hydrogen-bond acceptors (Lipinski definition) is 4. The van der Waals surface area contributed by atoms with E-state index in [1.165, 1.54) is 5.56 Å². The fourth-order valence-electron chi connectivity index (χ4n) is 1.89. The van der Waals surface area contributed by atoms with Crippen LogP contribution < -0.4 is 10.6 Å². The molecule has 0 radical (unpaired) electrons. The minimum Gasteiger partial charge on any atom is -0.469 e. The first kappa shape index (κ1) is 11.5. The second-order valence-corrected chi connectivity index (χ2v) is 4.27. The fourth-order valence-corrected chi connectivity index (χ4v) is 1.89. The van der Waals surface area contributed by atoms with E-state index in [4.69, 9.17) is 10.2 Å². The van der Waals surface area contributed by atoms with Gasteiger partial charge in [0.15, 0.2) is 0 Å². The van der Waals surface area contributed by atoms with Gasteiger partial charge < -0.3 is 15.1 Å². The lowest BCUT2D eigenvalue weighted by Crippen LogP contribution is -2.19. The van der Waals surface area contributed by atoms with Gasteiger partial charge in [-0.25, -0.2) is 4.98 Å². The summed E-state index contributed by atoms with van der Waals surface area (Å²) in [5.41, 5.74) is 8.63. The first-order valence-corrected chi connectivity index (χ1v) is 5.54. The van der Waals surface area contributed by atoms with Crippen LogP contribution in [0.1, 0.15) is 16.9 Å². The van der Waals surface area contributed by atoms with Crippen molar-refractivity contribution in [3.8, 4) is 0 Å². The lowest BCUT2D eigenvalue weighted by atomic mass is 10.2. The van der Waals surface area contributed by atoms with Gasteiger partial charge in [-0.2, -0.15) is 0 Å². The van der Waals surface area contributed by atoms with Crippen LogP contribution in [0, 0.1) is 13.8 Å². The minimum atomic E-state index is 0.694. The Kier molecular flexibility index (Phi) is 3.04. The molecule has 2 N–H and O–H groups in total. The molecule has 4 heteroatoms. The highest BCUT2D eigenvalue weighted by Crippen LogP contribution is 2.20. The molecule has 2 rings (SSSR count). The summed E-state index contributed by atoms with van der Waals surface area (Å²) in [6, 6.07) is 3.92. The Hall–Kier alpha value is -1.97. The highest BCUT2D eigenvalue weighted by Gasteiger charge is 2.09. The van der Waals surface area contributed by atoms with Crippen molar-refractivity contribution in [2.24, 2.45) is 0 Å². The smallest absolute Gasteiger partial charge is 0.131 e. The zero-order chi connectivity index (χ0) is 12.4. The number of rotatable bonds is 3. The van der Waals surface area contributed by atoms with Gasteiger partial charge in [0.1, 0.15) is 11.6 Å². The number of nitrogen functional groups attached to an aromatic ring is 1. The van der Waals surface area contributed by atoms with Gasteiger partial charge in [0, 0.05) is 19.2 Å². The number of nitrogens with two attached hydrogens (primary N) is 1. The Morgan fingerprint density at radius 2 is 2.18 bits per heavy atom. The highest BCUT2D eigenvalue weighted by molar-refractivity contribution is 5.52. The van der Waals surface area contributed by atoms with Crippen molar-refractivity contribution >= 4 is 11.5 Å². The van der Waals surface area contributed by atoms with Crippen molar-refractivity contribution in [1.29, 1.82) is 0 Å². The van der Waals surface area contributed by atoms with E-state index in [-0.39, 0.29) is 0 Å². The number of furan rings is 1. The van der Waals surface area contributed by atoms with Gasteiger partial charge in [0.25, 0.3) is 0 Å². The van der Waals surface area contributed by atoms with Crippen LogP contribution in [0.2, 0.25) is 0 Å². The molecule has 0 aliphatic carbocycles. The summed E-state index contributed by atoms with van der Waals surface area (Å²) >= 11 is 0. The lowest BCUT2D eigenvalue weighted by Gasteiger charge is -2.19. The topological polar surface area (TPSA) is 55.3 Å². The van der Waals surface area contributed by atoms with Crippen LogP contribution in [0.3, 0.4) is 0 Å². The maximum absolute atomic E-state index is 5.69. The van der Waals surface area contributed by atoms with Crippen LogP contribution in [0.25, 0.3) is 0 Å². The Labute approximate surface area is 101 Å². The van der Waals surface area contributed by atoms with Gasteiger partial charge in [-0.15, -0.1) is 0 Å². The van der Waals surface area contributed by atoms with Crippen molar-refractivity contribution in [2.45, 2.75) is 20.4 Å². The van der Waals surface area contributed by atoms with Crippen molar-refractivity contribution < 1.29 is 4.42 Å². The molecular formula is C13H17N3O.